The molecule has 0 aliphatic carbocycles. The van der Waals surface area contributed by atoms with E-state index in [0.717, 1.165) is 18.8 Å². The lowest BCUT2D eigenvalue weighted by atomic mass is 10.1. The van der Waals surface area contributed by atoms with Crippen molar-refractivity contribution < 1.29 is 4.84 Å². The van der Waals surface area contributed by atoms with Gasteiger partial charge >= 0.3 is 0 Å². The molecular weight excluding hydrogens is 294 g/mol. The third kappa shape index (κ3) is 11.5. The smallest absolute Gasteiger partial charge is 0.147 e. The number of nitrogens with zero attached hydrogens (tertiary/aromatic N) is 1. The highest BCUT2D eigenvalue weighted by atomic mass is 16.7. The second-order valence-electron chi connectivity index (χ2n) is 6.87. The molecule has 0 saturated carbocycles. The molecule has 24 heavy (non-hydrogen) atoms. The summed E-state index contributed by atoms with van der Waals surface area (Å²) < 4.78 is 0. The number of hydroxylamine groups is 2. The van der Waals surface area contributed by atoms with Gasteiger partial charge in [-0.25, -0.2) is 0 Å². The fraction of sp³-hybridized carbons (Fsp3) is 0.727. The number of rotatable bonds is 16. The van der Waals surface area contributed by atoms with Crippen LogP contribution in [-0.4, -0.2) is 18.2 Å². The monoisotopic (exact) mass is 333 g/mol. The molecule has 0 saturated heterocycles. The molecule has 0 aliphatic heterocycles. The van der Waals surface area contributed by atoms with Crippen LogP contribution >= 0.6 is 0 Å². The van der Waals surface area contributed by atoms with Gasteiger partial charge in [0.15, 0.2) is 0 Å². The van der Waals surface area contributed by atoms with Crippen LogP contribution in [0.2, 0.25) is 0 Å². The van der Waals surface area contributed by atoms with Crippen molar-refractivity contribution in [2.75, 3.05) is 13.1 Å². The summed E-state index contributed by atoms with van der Waals surface area (Å²) in [6.07, 6.45) is 16.0. The maximum absolute atomic E-state index is 6.10. The molecule has 0 aromatic heterocycles. The zero-order valence-electron chi connectivity index (χ0n) is 16.1. The molecule has 138 valence electrons. The Morgan fingerprint density at radius 1 is 0.625 bits per heavy atom. The SMILES string of the molecule is CCCCCCCCN(CCCCCCCC)Oc1ccccc1. The fourth-order valence-electron chi connectivity index (χ4n) is 2.97. The molecule has 0 N–H and O–H groups in total. The highest BCUT2D eigenvalue weighted by Crippen LogP contribution is 2.14. The van der Waals surface area contributed by atoms with Gasteiger partial charge in [0.25, 0.3) is 0 Å². The molecule has 0 unspecified atom stereocenters. The molecule has 0 heterocycles. The number of hydrogen-bond acceptors (Lipinski definition) is 2. The van der Waals surface area contributed by atoms with Gasteiger partial charge in [-0.1, -0.05) is 96.3 Å². The van der Waals surface area contributed by atoms with Crippen LogP contribution in [0.1, 0.15) is 90.9 Å². The van der Waals surface area contributed by atoms with Crippen molar-refractivity contribution in [3.05, 3.63) is 30.3 Å². The third-order valence-corrected chi connectivity index (χ3v) is 4.50. The minimum Gasteiger partial charge on any atom is -0.406 e. The van der Waals surface area contributed by atoms with Crippen molar-refractivity contribution in [1.29, 1.82) is 0 Å². The molecule has 1 rings (SSSR count). The van der Waals surface area contributed by atoms with E-state index in [2.05, 4.69) is 31.0 Å². The molecular formula is C22H39NO. The predicted molar refractivity (Wildman–Crippen MR) is 105 cm³/mol. The zero-order chi connectivity index (χ0) is 17.3. The Bertz CT molecular complexity index is 349. The Morgan fingerprint density at radius 2 is 1.08 bits per heavy atom. The average Bonchev–Trinajstić information content (AvgIpc) is 2.61. The molecule has 0 radical (unpaired) electrons. The molecule has 0 aliphatic rings. The van der Waals surface area contributed by atoms with Gasteiger partial charge in [-0.3, -0.25) is 0 Å². The van der Waals surface area contributed by atoms with Gasteiger partial charge in [-0.05, 0) is 25.0 Å². The largest absolute Gasteiger partial charge is 0.406 e. The maximum Gasteiger partial charge on any atom is 0.147 e. The summed E-state index contributed by atoms with van der Waals surface area (Å²) in [7, 11) is 0. The normalized spacial score (nSPS) is 11.1. The first-order chi connectivity index (χ1) is 11.9. The molecule has 2 nitrogen and oxygen atoms in total. The van der Waals surface area contributed by atoms with E-state index >= 15 is 0 Å². The van der Waals surface area contributed by atoms with Crippen molar-refractivity contribution in [1.82, 2.24) is 5.06 Å². The van der Waals surface area contributed by atoms with E-state index in [1.165, 1.54) is 77.0 Å². The van der Waals surface area contributed by atoms with Crippen LogP contribution in [0.25, 0.3) is 0 Å². The van der Waals surface area contributed by atoms with Gasteiger partial charge in [0.05, 0.1) is 0 Å². The standard InChI is InChI=1S/C22H39NO/c1-3-5-7-9-11-16-20-23(21-17-12-10-8-6-4-2)24-22-18-14-13-15-19-22/h13-15,18-19H,3-12,16-17,20-21H2,1-2H3. The van der Waals surface area contributed by atoms with Gasteiger partial charge in [0.1, 0.15) is 5.75 Å². The Balaban J connectivity index is 2.24. The highest BCUT2D eigenvalue weighted by molar-refractivity contribution is 5.20. The van der Waals surface area contributed by atoms with E-state index in [1.807, 2.05) is 18.2 Å². The van der Waals surface area contributed by atoms with Crippen LogP contribution in [0.5, 0.6) is 5.75 Å². The molecule has 0 fully saturated rings. The Kier molecular flexibility index (Phi) is 13.6. The van der Waals surface area contributed by atoms with E-state index in [9.17, 15) is 0 Å². The quantitative estimate of drug-likeness (QED) is 0.238. The average molecular weight is 334 g/mol. The van der Waals surface area contributed by atoms with Crippen LogP contribution < -0.4 is 4.84 Å². The van der Waals surface area contributed by atoms with E-state index in [0.29, 0.717) is 0 Å². The lowest BCUT2D eigenvalue weighted by Crippen LogP contribution is -2.29. The zero-order valence-corrected chi connectivity index (χ0v) is 16.1. The summed E-state index contributed by atoms with van der Waals surface area (Å²) >= 11 is 0. The molecule has 0 amide bonds. The van der Waals surface area contributed by atoms with E-state index in [-0.39, 0.29) is 0 Å². The van der Waals surface area contributed by atoms with Crippen LogP contribution in [0.4, 0.5) is 0 Å². The van der Waals surface area contributed by atoms with Crippen molar-refractivity contribution in [2.45, 2.75) is 90.9 Å². The van der Waals surface area contributed by atoms with Gasteiger partial charge < -0.3 is 4.84 Å². The Morgan fingerprint density at radius 3 is 1.58 bits per heavy atom. The molecule has 0 spiro atoms. The van der Waals surface area contributed by atoms with Crippen LogP contribution in [-0.2, 0) is 0 Å². The second kappa shape index (κ2) is 15.5. The van der Waals surface area contributed by atoms with E-state index in [4.69, 9.17) is 4.84 Å². The molecule has 1 aromatic rings. The maximum atomic E-state index is 6.10. The van der Waals surface area contributed by atoms with Gasteiger partial charge in [0.2, 0.25) is 0 Å². The van der Waals surface area contributed by atoms with E-state index < -0.39 is 0 Å². The van der Waals surface area contributed by atoms with Gasteiger partial charge in [0, 0.05) is 13.1 Å². The fourth-order valence-corrected chi connectivity index (χ4v) is 2.97. The molecule has 2 heteroatoms. The van der Waals surface area contributed by atoms with Crippen molar-refractivity contribution in [2.24, 2.45) is 0 Å². The Hall–Kier alpha value is -1.02. The predicted octanol–water partition coefficient (Wildman–Crippen LogP) is 7.00. The summed E-state index contributed by atoms with van der Waals surface area (Å²) in [5, 5.41) is 2.19. The van der Waals surface area contributed by atoms with Crippen LogP contribution in [0.15, 0.2) is 30.3 Å². The Labute approximate surface area is 150 Å². The molecule has 1 aromatic carbocycles. The summed E-state index contributed by atoms with van der Waals surface area (Å²) in [4.78, 5) is 6.10. The lowest BCUT2D eigenvalue weighted by Gasteiger charge is -2.22. The second-order valence-corrected chi connectivity index (χ2v) is 6.87. The first-order valence-corrected chi connectivity index (χ1v) is 10.3. The summed E-state index contributed by atoms with van der Waals surface area (Å²) in [6.45, 7) is 6.65. The first-order valence-electron chi connectivity index (χ1n) is 10.3. The third-order valence-electron chi connectivity index (χ3n) is 4.50. The van der Waals surface area contributed by atoms with Gasteiger partial charge in [-0.2, -0.15) is 0 Å². The van der Waals surface area contributed by atoms with Gasteiger partial charge in [-0.15, -0.1) is 5.06 Å². The minimum absolute atomic E-state index is 0.967. The van der Waals surface area contributed by atoms with Crippen molar-refractivity contribution in [3.8, 4) is 5.75 Å². The lowest BCUT2D eigenvalue weighted by molar-refractivity contribution is -0.0607. The first kappa shape index (κ1) is 21.0. The highest BCUT2D eigenvalue weighted by Gasteiger charge is 2.07. The minimum atomic E-state index is 0.967. The number of hydrogen-bond donors (Lipinski definition) is 0. The number of unbranched alkanes of at least 4 members (excludes halogenated alkanes) is 10. The van der Waals surface area contributed by atoms with Crippen molar-refractivity contribution >= 4 is 0 Å². The summed E-state index contributed by atoms with van der Waals surface area (Å²) in [6, 6.07) is 10.2. The molecule has 0 bridgehead atoms. The summed E-state index contributed by atoms with van der Waals surface area (Å²) in [5.41, 5.74) is 0. The molecule has 0 atom stereocenters. The van der Waals surface area contributed by atoms with Crippen LogP contribution in [0.3, 0.4) is 0 Å². The van der Waals surface area contributed by atoms with Crippen LogP contribution in [0, 0.1) is 0 Å². The van der Waals surface area contributed by atoms with Crippen molar-refractivity contribution in [3.63, 3.8) is 0 Å². The number of benzene rings is 1. The van der Waals surface area contributed by atoms with E-state index in [1.54, 1.807) is 0 Å². The topological polar surface area (TPSA) is 12.5 Å². The number of para-hydroxylation sites is 1. The summed E-state index contributed by atoms with van der Waals surface area (Å²) in [5.74, 6) is 0.967.